The van der Waals surface area contributed by atoms with Crippen LogP contribution in [0.5, 0.6) is 0 Å². The molecule has 0 saturated heterocycles. The van der Waals surface area contributed by atoms with Crippen LogP contribution in [0.15, 0.2) is 39.7 Å². The number of hydrogen-bond donors (Lipinski definition) is 1. The molecule has 0 unspecified atom stereocenters. The second-order valence-corrected chi connectivity index (χ2v) is 4.88. The van der Waals surface area contributed by atoms with Gasteiger partial charge in [-0.15, -0.1) is 0 Å². The van der Waals surface area contributed by atoms with Gasteiger partial charge in [0, 0.05) is 12.3 Å². The summed E-state index contributed by atoms with van der Waals surface area (Å²) in [6.07, 6.45) is 1.58. The summed E-state index contributed by atoms with van der Waals surface area (Å²) in [5.41, 5.74) is 7.59. The van der Waals surface area contributed by atoms with Crippen LogP contribution in [0.1, 0.15) is 11.1 Å². The van der Waals surface area contributed by atoms with E-state index < -0.39 is 0 Å². The summed E-state index contributed by atoms with van der Waals surface area (Å²) in [6.45, 7) is 2.06. The summed E-state index contributed by atoms with van der Waals surface area (Å²) in [7, 11) is 0. The zero-order valence-electron chi connectivity index (χ0n) is 9.78. The highest BCUT2D eigenvalue weighted by Gasteiger charge is 2.07. The van der Waals surface area contributed by atoms with Crippen molar-refractivity contribution < 1.29 is 4.39 Å². The molecule has 0 saturated carbocycles. The first-order chi connectivity index (χ1) is 8.49. The van der Waals surface area contributed by atoms with E-state index in [0.29, 0.717) is 15.7 Å². The molecule has 1 aromatic carbocycles. The number of rotatable bonds is 2. The van der Waals surface area contributed by atoms with Crippen LogP contribution < -0.4 is 11.3 Å². The summed E-state index contributed by atoms with van der Waals surface area (Å²) in [6, 6.07) is 6.20. The molecule has 0 spiro atoms. The molecule has 0 amide bonds. The smallest absolute Gasteiger partial charge is 0.251 e. The predicted octanol–water partition coefficient (Wildman–Crippen LogP) is 2.69. The van der Waals surface area contributed by atoms with Crippen molar-refractivity contribution in [1.82, 2.24) is 4.57 Å². The number of nitrogens with two attached hydrogens (primary N) is 1. The number of nitrogen functional groups attached to an aromatic ring is 1. The number of benzene rings is 1. The monoisotopic (exact) mass is 310 g/mol. The molecule has 2 aromatic rings. The molecule has 0 aliphatic heterocycles. The van der Waals surface area contributed by atoms with E-state index in [2.05, 4.69) is 15.9 Å². The van der Waals surface area contributed by atoms with E-state index in [4.69, 9.17) is 5.73 Å². The van der Waals surface area contributed by atoms with Crippen LogP contribution in [0, 0.1) is 12.7 Å². The lowest BCUT2D eigenvalue weighted by atomic mass is 10.2. The molecule has 0 aliphatic carbocycles. The van der Waals surface area contributed by atoms with Crippen molar-refractivity contribution in [3.05, 3.63) is 62.2 Å². The molecule has 2 rings (SSSR count). The number of aryl methyl sites for hydroxylation is 1. The standard InChI is InChI=1S/C13H12BrFN2O/c1-8-5-12(18)17(7-11(8)16)6-9-3-2-4-10(15)13(9)14/h2-5,7H,6,16H2,1H3. The minimum Gasteiger partial charge on any atom is -0.397 e. The van der Waals surface area contributed by atoms with Crippen LogP contribution in [0.4, 0.5) is 10.1 Å². The first-order valence-corrected chi connectivity index (χ1v) is 6.18. The summed E-state index contributed by atoms with van der Waals surface area (Å²) < 4.78 is 15.2. The van der Waals surface area contributed by atoms with E-state index in [1.807, 2.05) is 0 Å². The minimum absolute atomic E-state index is 0.155. The Kier molecular flexibility index (Phi) is 3.52. The average Bonchev–Trinajstić information content (AvgIpc) is 2.32. The maximum absolute atomic E-state index is 13.4. The van der Waals surface area contributed by atoms with Gasteiger partial charge >= 0.3 is 0 Å². The van der Waals surface area contributed by atoms with E-state index in [1.165, 1.54) is 16.7 Å². The van der Waals surface area contributed by atoms with Gasteiger partial charge < -0.3 is 10.3 Å². The Bertz CT molecular complexity index is 652. The minimum atomic E-state index is -0.347. The highest BCUT2D eigenvalue weighted by Crippen LogP contribution is 2.21. The van der Waals surface area contributed by atoms with Gasteiger partial charge in [-0.05, 0) is 40.0 Å². The quantitative estimate of drug-likeness (QED) is 0.927. The average molecular weight is 311 g/mol. The molecule has 0 aliphatic rings. The van der Waals surface area contributed by atoms with Crippen LogP contribution >= 0.6 is 15.9 Å². The topological polar surface area (TPSA) is 48.0 Å². The molecular weight excluding hydrogens is 299 g/mol. The van der Waals surface area contributed by atoms with Gasteiger partial charge in [0.15, 0.2) is 0 Å². The summed E-state index contributed by atoms with van der Waals surface area (Å²) in [5, 5.41) is 0. The number of aromatic nitrogens is 1. The summed E-state index contributed by atoms with van der Waals surface area (Å²) >= 11 is 3.17. The molecule has 0 bridgehead atoms. The van der Waals surface area contributed by atoms with Gasteiger partial charge in [-0.2, -0.15) is 0 Å². The number of nitrogens with zero attached hydrogens (tertiary/aromatic N) is 1. The third kappa shape index (κ3) is 2.46. The Balaban J connectivity index is 2.43. The maximum atomic E-state index is 13.4. The first kappa shape index (κ1) is 12.8. The van der Waals surface area contributed by atoms with Crippen molar-refractivity contribution in [1.29, 1.82) is 0 Å². The number of halogens is 2. The Hall–Kier alpha value is -1.62. The lowest BCUT2D eigenvalue weighted by molar-refractivity contribution is 0.615. The van der Waals surface area contributed by atoms with Crippen LogP contribution in [0.2, 0.25) is 0 Å². The van der Waals surface area contributed by atoms with Crippen molar-refractivity contribution in [3.8, 4) is 0 Å². The molecule has 18 heavy (non-hydrogen) atoms. The van der Waals surface area contributed by atoms with Gasteiger partial charge in [0.1, 0.15) is 5.82 Å². The first-order valence-electron chi connectivity index (χ1n) is 5.38. The van der Waals surface area contributed by atoms with Crippen molar-refractivity contribution in [2.75, 3.05) is 5.73 Å². The second-order valence-electron chi connectivity index (χ2n) is 4.09. The van der Waals surface area contributed by atoms with Gasteiger partial charge in [0.05, 0.1) is 16.7 Å². The summed E-state index contributed by atoms with van der Waals surface area (Å²) in [4.78, 5) is 11.8. The fourth-order valence-electron chi connectivity index (χ4n) is 1.66. The maximum Gasteiger partial charge on any atom is 0.251 e. The van der Waals surface area contributed by atoms with E-state index in [1.54, 1.807) is 25.3 Å². The number of anilines is 1. The third-order valence-electron chi connectivity index (χ3n) is 2.75. The largest absolute Gasteiger partial charge is 0.397 e. The predicted molar refractivity (Wildman–Crippen MR) is 73.1 cm³/mol. The second kappa shape index (κ2) is 4.94. The summed E-state index contributed by atoms with van der Waals surface area (Å²) in [5.74, 6) is -0.347. The lowest BCUT2D eigenvalue weighted by Gasteiger charge is -2.10. The van der Waals surface area contributed by atoms with Gasteiger partial charge in [0.2, 0.25) is 0 Å². The molecular formula is C13H12BrFN2O. The normalized spacial score (nSPS) is 10.6. The fraction of sp³-hybridized carbons (Fsp3) is 0.154. The van der Waals surface area contributed by atoms with E-state index >= 15 is 0 Å². The van der Waals surface area contributed by atoms with Gasteiger partial charge in [-0.1, -0.05) is 12.1 Å². The molecule has 3 nitrogen and oxygen atoms in total. The Morgan fingerprint density at radius 3 is 2.89 bits per heavy atom. The van der Waals surface area contributed by atoms with Crippen LogP contribution in [0.25, 0.3) is 0 Å². The molecule has 94 valence electrons. The third-order valence-corrected chi connectivity index (χ3v) is 3.63. The van der Waals surface area contributed by atoms with Gasteiger partial charge in [0.25, 0.3) is 5.56 Å². The van der Waals surface area contributed by atoms with Crippen LogP contribution in [-0.4, -0.2) is 4.57 Å². The van der Waals surface area contributed by atoms with E-state index in [0.717, 1.165) is 5.56 Å². The van der Waals surface area contributed by atoms with Gasteiger partial charge in [-0.3, -0.25) is 4.79 Å². The highest BCUT2D eigenvalue weighted by atomic mass is 79.9. The van der Waals surface area contributed by atoms with Crippen LogP contribution in [0.3, 0.4) is 0 Å². The number of pyridine rings is 1. The fourth-order valence-corrected chi connectivity index (χ4v) is 2.05. The van der Waals surface area contributed by atoms with E-state index in [9.17, 15) is 9.18 Å². The molecule has 0 atom stereocenters. The van der Waals surface area contributed by atoms with Crippen molar-refractivity contribution in [2.24, 2.45) is 0 Å². The van der Waals surface area contributed by atoms with E-state index in [-0.39, 0.29) is 17.9 Å². The zero-order valence-corrected chi connectivity index (χ0v) is 11.4. The Labute approximate surface area is 112 Å². The highest BCUT2D eigenvalue weighted by molar-refractivity contribution is 9.10. The van der Waals surface area contributed by atoms with Crippen molar-refractivity contribution in [3.63, 3.8) is 0 Å². The molecule has 0 fully saturated rings. The van der Waals surface area contributed by atoms with Crippen molar-refractivity contribution >= 4 is 21.6 Å². The van der Waals surface area contributed by atoms with Crippen molar-refractivity contribution in [2.45, 2.75) is 13.5 Å². The molecule has 5 heteroatoms. The Morgan fingerprint density at radius 2 is 2.17 bits per heavy atom. The molecule has 1 aromatic heterocycles. The van der Waals surface area contributed by atoms with Gasteiger partial charge in [-0.25, -0.2) is 4.39 Å². The van der Waals surface area contributed by atoms with Crippen LogP contribution in [-0.2, 0) is 6.54 Å². The SMILES string of the molecule is Cc1cc(=O)n(Cc2cccc(F)c2Br)cc1N. The molecule has 2 N–H and O–H groups in total. The lowest BCUT2D eigenvalue weighted by Crippen LogP contribution is -2.21. The molecule has 1 heterocycles. The Morgan fingerprint density at radius 1 is 1.44 bits per heavy atom. The zero-order chi connectivity index (χ0) is 13.3. The number of hydrogen-bond acceptors (Lipinski definition) is 2. The molecule has 0 radical (unpaired) electrons.